The summed E-state index contributed by atoms with van der Waals surface area (Å²) in [6.07, 6.45) is -7.16. The van der Waals surface area contributed by atoms with E-state index in [-0.39, 0.29) is 33.5 Å². The Balaban J connectivity index is 1.15. The Hall–Kier alpha value is -1.76. The second-order valence-corrected chi connectivity index (χ2v) is 20.8. The van der Waals surface area contributed by atoms with E-state index in [1.807, 2.05) is 0 Å². The average molecular weight is 811 g/mol. The van der Waals surface area contributed by atoms with Crippen molar-refractivity contribution in [1.82, 2.24) is 0 Å². The van der Waals surface area contributed by atoms with Gasteiger partial charge < -0.3 is 54.7 Å². The Labute approximate surface area is 334 Å². The lowest BCUT2D eigenvalue weighted by Gasteiger charge is -2.71. The Morgan fingerprint density at radius 3 is 2.11 bits per heavy atom. The van der Waals surface area contributed by atoms with E-state index < -0.39 is 96.9 Å². The molecule has 18 atom stereocenters. The molecule has 7 rings (SSSR count). The van der Waals surface area contributed by atoms with Crippen molar-refractivity contribution in [2.24, 2.45) is 50.2 Å². The molecule has 8 N–H and O–H groups in total. The minimum atomic E-state index is -1.98. The van der Waals surface area contributed by atoms with Crippen LogP contribution in [0.5, 0.6) is 0 Å². The molecule has 2 aliphatic heterocycles. The fourth-order valence-electron chi connectivity index (χ4n) is 13.7. The molecule has 0 aromatic rings. The number of hydrogen-bond acceptors (Lipinski definition) is 14. The molecular formula is C42H66O15. The number of aliphatic hydroxyl groups is 6. The first kappa shape index (κ1) is 43.3. The number of fused-ring (bicyclic) bond motifs is 7. The molecule has 6 fully saturated rings. The van der Waals surface area contributed by atoms with Crippen LogP contribution in [0.15, 0.2) is 11.6 Å². The van der Waals surface area contributed by atoms with Gasteiger partial charge in [0, 0.05) is 0 Å². The van der Waals surface area contributed by atoms with Crippen LogP contribution in [0.25, 0.3) is 0 Å². The molecule has 0 unspecified atom stereocenters. The molecule has 0 aromatic heterocycles. The molecule has 0 radical (unpaired) electrons. The quantitative estimate of drug-likeness (QED) is 0.0798. The van der Waals surface area contributed by atoms with Crippen molar-refractivity contribution >= 4 is 11.9 Å². The van der Waals surface area contributed by atoms with Crippen molar-refractivity contribution < 1.29 is 74.4 Å². The lowest BCUT2D eigenvalue weighted by molar-refractivity contribution is -0.377. The van der Waals surface area contributed by atoms with Gasteiger partial charge in [-0.3, -0.25) is 9.68 Å². The number of rotatable bonds is 7. The van der Waals surface area contributed by atoms with Gasteiger partial charge >= 0.3 is 11.9 Å². The predicted molar refractivity (Wildman–Crippen MR) is 200 cm³/mol. The van der Waals surface area contributed by atoms with Crippen LogP contribution in [0.1, 0.15) is 113 Å². The fourth-order valence-corrected chi connectivity index (χ4v) is 13.7. The van der Waals surface area contributed by atoms with E-state index >= 15 is 0 Å². The van der Waals surface area contributed by atoms with Gasteiger partial charge in [-0.25, -0.2) is 4.79 Å². The first-order valence-electron chi connectivity index (χ1n) is 21.0. The van der Waals surface area contributed by atoms with Crippen molar-refractivity contribution in [3.8, 4) is 0 Å². The molecule has 4 saturated carbocycles. The van der Waals surface area contributed by atoms with Crippen LogP contribution in [-0.4, -0.2) is 127 Å². The highest BCUT2D eigenvalue weighted by Crippen LogP contribution is 2.76. The third kappa shape index (κ3) is 6.47. The average Bonchev–Trinajstić information content (AvgIpc) is 3.15. The maximum atomic E-state index is 13.1. The molecule has 5 aliphatic carbocycles. The van der Waals surface area contributed by atoms with Crippen LogP contribution >= 0.6 is 0 Å². The molecule has 2 saturated heterocycles. The van der Waals surface area contributed by atoms with Crippen LogP contribution in [0.4, 0.5) is 0 Å². The number of aliphatic hydroxyl groups excluding tert-OH is 6. The topological polar surface area (TPSA) is 242 Å². The Kier molecular flexibility index (Phi) is 11.2. The summed E-state index contributed by atoms with van der Waals surface area (Å²) < 4.78 is 24.1. The lowest BCUT2D eigenvalue weighted by Crippen LogP contribution is -2.67. The molecule has 324 valence electrons. The summed E-state index contributed by atoms with van der Waals surface area (Å²) in [4.78, 5) is 28.9. The van der Waals surface area contributed by atoms with Gasteiger partial charge in [0.05, 0.1) is 18.1 Å². The summed E-state index contributed by atoms with van der Waals surface area (Å²) in [5.74, 6) is -1.57. The lowest BCUT2D eigenvalue weighted by atomic mass is 9.33. The molecule has 0 bridgehead atoms. The fraction of sp³-hybridized carbons (Fsp3) is 0.905. The van der Waals surface area contributed by atoms with Gasteiger partial charge in [0.1, 0.15) is 42.7 Å². The highest BCUT2D eigenvalue weighted by molar-refractivity contribution is 5.77. The number of carbonyl (C=O) groups excluding carboxylic acids is 1. The van der Waals surface area contributed by atoms with Crippen LogP contribution in [0, 0.1) is 50.2 Å². The van der Waals surface area contributed by atoms with Gasteiger partial charge in [0.25, 0.3) is 0 Å². The van der Waals surface area contributed by atoms with E-state index in [2.05, 4.69) is 59.4 Å². The highest BCUT2D eigenvalue weighted by Gasteiger charge is 2.70. The van der Waals surface area contributed by atoms with Gasteiger partial charge in [0.2, 0.25) is 0 Å². The highest BCUT2D eigenvalue weighted by atomic mass is 17.1. The van der Waals surface area contributed by atoms with E-state index in [1.165, 1.54) is 5.57 Å². The SMILES string of the molecule is CC1(C)CC[C@]2(C(=O)O)CC[C@]3(C)C(=CC[C@@H]4[C@@]5(C)CC[C@H](O[C@@H]6O[C@H](CO)[C@@H](O)[C@H](O)[C@H]6O[C@@H]6O[C@H](C(=O)OO)[C@@H](O)[C@H](O)[C@H]6O)C(C)(C)[C@@H]5CC[C@]43C)[C@@H]2C1. The van der Waals surface area contributed by atoms with Gasteiger partial charge in [-0.15, -0.1) is 0 Å². The van der Waals surface area contributed by atoms with E-state index in [9.17, 15) is 45.3 Å². The second kappa shape index (κ2) is 14.7. The summed E-state index contributed by atoms with van der Waals surface area (Å²) in [6.45, 7) is 15.5. The van der Waals surface area contributed by atoms with E-state index in [4.69, 9.17) is 24.2 Å². The number of allylic oxidation sites excluding steroid dienone is 2. The van der Waals surface area contributed by atoms with Crippen LogP contribution in [0.3, 0.4) is 0 Å². The van der Waals surface area contributed by atoms with Gasteiger partial charge in [-0.1, -0.05) is 60.1 Å². The molecule has 2 heterocycles. The third-order valence-electron chi connectivity index (χ3n) is 17.3. The molecule has 57 heavy (non-hydrogen) atoms. The third-order valence-corrected chi connectivity index (χ3v) is 17.3. The predicted octanol–water partition coefficient (Wildman–Crippen LogP) is 2.91. The largest absolute Gasteiger partial charge is 0.481 e. The molecule has 15 heteroatoms. The first-order chi connectivity index (χ1) is 26.5. The van der Waals surface area contributed by atoms with Crippen molar-refractivity contribution in [2.75, 3.05) is 6.61 Å². The smallest absolute Gasteiger partial charge is 0.373 e. The summed E-state index contributed by atoms with van der Waals surface area (Å²) in [5.41, 5.74) is -0.0245. The van der Waals surface area contributed by atoms with Crippen molar-refractivity contribution in [3.63, 3.8) is 0 Å². The van der Waals surface area contributed by atoms with E-state index in [0.29, 0.717) is 25.2 Å². The summed E-state index contributed by atoms with van der Waals surface area (Å²) in [5, 5.41) is 83.4. The van der Waals surface area contributed by atoms with Crippen molar-refractivity contribution in [2.45, 2.75) is 180 Å². The van der Waals surface area contributed by atoms with Crippen LogP contribution < -0.4 is 0 Å². The van der Waals surface area contributed by atoms with Crippen LogP contribution in [0.2, 0.25) is 0 Å². The number of carbonyl (C=O) groups is 2. The first-order valence-corrected chi connectivity index (χ1v) is 21.0. The standard InChI is InChI=1S/C42H66O15/c1-37(2)14-16-42(36(50)51)17-15-40(6)20(21(42)18-37)8-9-24-39(5)12-11-25(38(3,4)23(39)10-13-41(24,40)7)54-35-32(28(46)26(44)22(19-43)53-35)56-34-30(48)27(45)29(47)31(55-34)33(49)57-52/h8,21-32,34-35,43-48,52H,9-19H2,1-7H3,(H,50,51)/t21-,22+,23-,24+,25-,26+,27-,28-,29-,30+,31-,32+,34-,35-,39-,40+,41+,42-/m0/s1. The van der Waals surface area contributed by atoms with Crippen molar-refractivity contribution in [1.29, 1.82) is 0 Å². The van der Waals surface area contributed by atoms with Gasteiger partial charge in [0.15, 0.2) is 18.7 Å². The zero-order chi connectivity index (χ0) is 41.8. The number of carboxylic acid groups (broad SMARTS) is 1. The number of hydrogen-bond donors (Lipinski definition) is 8. The zero-order valence-electron chi connectivity index (χ0n) is 34.4. The van der Waals surface area contributed by atoms with E-state index in [0.717, 1.165) is 44.9 Å². The zero-order valence-corrected chi connectivity index (χ0v) is 34.4. The second-order valence-electron chi connectivity index (χ2n) is 20.8. The van der Waals surface area contributed by atoms with Crippen molar-refractivity contribution in [3.05, 3.63) is 11.6 Å². The Morgan fingerprint density at radius 2 is 1.46 bits per heavy atom. The molecule has 7 aliphatic rings. The maximum Gasteiger partial charge on any atom is 0.373 e. The number of ether oxygens (including phenoxy) is 4. The number of aliphatic carboxylic acids is 1. The molecule has 0 spiro atoms. The molecular weight excluding hydrogens is 744 g/mol. The summed E-state index contributed by atoms with van der Waals surface area (Å²) >= 11 is 0. The monoisotopic (exact) mass is 810 g/mol. The Bertz CT molecular complexity index is 1580. The molecule has 0 amide bonds. The van der Waals surface area contributed by atoms with E-state index in [1.54, 1.807) is 0 Å². The Morgan fingerprint density at radius 1 is 0.772 bits per heavy atom. The molecule has 0 aromatic carbocycles. The van der Waals surface area contributed by atoms with Gasteiger partial charge in [-0.2, -0.15) is 5.26 Å². The number of carboxylic acids is 1. The summed E-state index contributed by atoms with van der Waals surface area (Å²) in [7, 11) is 0. The maximum absolute atomic E-state index is 13.1. The van der Waals surface area contributed by atoms with Crippen LogP contribution in [-0.2, 0) is 33.4 Å². The minimum absolute atomic E-state index is 0.0199. The summed E-state index contributed by atoms with van der Waals surface area (Å²) in [6, 6.07) is 0. The minimum Gasteiger partial charge on any atom is -0.481 e. The van der Waals surface area contributed by atoms with Gasteiger partial charge in [-0.05, 0) is 109 Å². The molecule has 15 nitrogen and oxygen atoms in total. The normalized spacial score (nSPS) is 51.6.